The first-order valence-corrected chi connectivity index (χ1v) is 8.73. The number of sulfonamides is 1. The summed E-state index contributed by atoms with van der Waals surface area (Å²) in [6.07, 6.45) is 0.376. The molecule has 8 heteroatoms. The number of hydrogen-bond donors (Lipinski definition) is 1. The first kappa shape index (κ1) is 17.2. The lowest BCUT2D eigenvalue weighted by Crippen LogP contribution is -2.41. The molecule has 1 aromatic rings. The average molecular weight is 337 g/mol. The number of benzene rings is 1. The number of carboxylic acid groups (broad SMARTS) is 1. The van der Waals surface area contributed by atoms with Crippen LogP contribution in [0.3, 0.4) is 0 Å². The molecule has 1 aliphatic rings. The fraction of sp³-hybridized carbons (Fsp3) is 0.467. The molecule has 1 fully saturated rings. The van der Waals surface area contributed by atoms with Gasteiger partial charge >= 0.3 is 6.09 Å². The maximum Gasteiger partial charge on any atom is 0.407 e. The van der Waals surface area contributed by atoms with Gasteiger partial charge in [0.1, 0.15) is 0 Å². The largest absolute Gasteiger partial charge is 0.465 e. The van der Waals surface area contributed by atoms with Gasteiger partial charge in [0.25, 0.3) is 0 Å². The van der Waals surface area contributed by atoms with Crippen molar-refractivity contribution in [3.63, 3.8) is 0 Å². The maximum absolute atomic E-state index is 12.5. The highest BCUT2D eigenvalue weighted by molar-refractivity contribution is 7.89. The molecule has 0 radical (unpaired) electrons. The predicted molar refractivity (Wildman–Crippen MR) is 83.3 cm³/mol. The Morgan fingerprint density at radius 3 is 2.39 bits per heavy atom. The monoisotopic (exact) mass is 337 g/mol. The van der Waals surface area contributed by atoms with Gasteiger partial charge in [0.05, 0.1) is 16.5 Å². The summed E-state index contributed by atoms with van der Waals surface area (Å²) in [7, 11) is -2.07. The molecular weight excluding hydrogens is 318 g/mol. The molecule has 124 valence electrons. The summed E-state index contributed by atoms with van der Waals surface area (Å²) in [4.78, 5) is 12.4. The van der Waals surface area contributed by atoms with E-state index in [1.165, 1.54) is 40.5 Å². The van der Waals surface area contributed by atoms with Crippen LogP contribution in [-0.2, 0) is 10.0 Å². The van der Waals surface area contributed by atoms with Crippen molar-refractivity contribution in [1.82, 2.24) is 9.21 Å². The molecule has 1 saturated heterocycles. The topological polar surface area (TPSA) is 102 Å². The molecule has 1 amide bonds. The van der Waals surface area contributed by atoms with E-state index in [9.17, 15) is 13.2 Å². The number of nitriles is 1. The molecule has 0 saturated carbocycles. The maximum atomic E-state index is 12.5. The molecule has 1 heterocycles. The number of hydrogen-bond acceptors (Lipinski definition) is 4. The van der Waals surface area contributed by atoms with E-state index in [4.69, 9.17) is 10.4 Å². The van der Waals surface area contributed by atoms with E-state index in [1.807, 2.05) is 6.07 Å². The second-order valence-electron chi connectivity index (χ2n) is 5.63. The minimum Gasteiger partial charge on any atom is -0.465 e. The smallest absolute Gasteiger partial charge is 0.407 e. The van der Waals surface area contributed by atoms with Crippen molar-refractivity contribution in [2.75, 3.05) is 26.7 Å². The zero-order chi connectivity index (χ0) is 17.0. The minimum absolute atomic E-state index is 0.142. The quantitative estimate of drug-likeness (QED) is 0.898. The fourth-order valence-electron chi connectivity index (χ4n) is 2.65. The van der Waals surface area contributed by atoms with Crippen molar-refractivity contribution in [3.8, 4) is 6.07 Å². The van der Waals surface area contributed by atoms with E-state index in [2.05, 4.69) is 0 Å². The van der Waals surface area contributed by atoms with Gasteiger partial charge in [-0.15, -0.1) is 0 Å². The Balaban J connectivity index is 2.00. The highest BCUT2D eigenvalue weighted by Gasteiger charge is 2.27. The van der Waals surface area contributed by atoms with Crippen LogP contribution in [0.4, 0.5) is 4.79 Å². The lowest BCUT2D eigenvalue weighted by Gasteiger charge is -2.32. The van der Waals surface area contributed by atoms with Gasteiger partial charge in [0, 0.05) is 26.7 Å². The van der Waals surface area contributed by atoms with Crippen LogP contribution in [0.1, 0.15) is 18.4 Å². The third-order valence-electron chi connectivity index (χ3n) is 4.09. The summed E-state index contributed by atoms with van der Waals surface area (Å²) >= 11 is 0. The van der Waals surface area contributed by atoms with Gasteiger partial charge in [-0.1, -0.05) is 0 Å². The zero-order valence-electron chi connectivity index (χ0n) is 12.8. The second kappa shape index (κ2) is 6.98. The molecule has 23 heavy (non-hydrogen) atoms. The molecule has 0 spiro atoms. The Bertz CT molecular complexity index is 701. The third kappa shape index (κ3) is 4.00. The standard InChI is InChI=1S/C15H19N3O4S/c1-17(11-13-6-8-18(9-7-13)15(19)20)23(21,22)14-4-2-12(10-16)3-5-14/h2-5,13H,6-9,11H2,1H3,(H,19,20). The summed E-state index contributed by atoms with van der Waals surface area (Å²) in [6.45, 7) is 1.23. The van der Waals surface area contributed by atoms with Crippen LogP contribution < -0.4 is 0 Å². The zero-order valence-corrected chi connectivity index (χ0v) is 13.7. The van der Waals surface area contributed by atoms with Crippen molar-refractivity contribution < 1.29 is 18.3 Å². The number of rotatable bonds is 4. The summed E-state index contributed by atoms with van der Waals surface area (Å²) < 4.78 is 26.3. The van der Waals surface area contributed by atoms with Gasteiger partial charge in [-0.2, -0.15) is 5.26 Å². The lowest BCUT2D eigenvalue weighted by atomic mass is 9.97. The Hall–Kier alpha value is -2.11. The number of piperidine rings is 1. The van der Waals surface area contributed by atoms with E-state index < -0.39 is 16.1 Å². The molecule has 0 atom stereocenters. The van der Waals surface area contributed by atoms with Crippen LogP contribution >= 0.6 is 0 Å². The summed E-state index contributed by atoms with van der Waals surface area (Å²) in [5, 5.41) is 17.7. The highest BCUT2D eigenvalue weighted by atomic mass is 32.2. The molecule has 1 aliphatic heterocycles. The van der Waals surface area contributed by atoms with Crippen LogP contribution in [0, 0.1) is 17.2 Å². The highest BCUT2D eigenvalue weighted by Crippen LogP contribution is 2.22. The summed E-state index contributed by atoms with van der Waals surface area (Å²) in [5.74, 6) is 0.142. The van der Waals surface area contributed by atoms with E-state index in [0.717, 1.165) is 0 Å². The Morgan fingerprint density at radius 1 is 1.35 bits per heavy atom. The van der Waals surface area contributed by atoms with E-state index in [1.54, 1.807) is 0 Å². The lowest BCUT2D eigenvalue weighted by molar-refractivity contribution is 0.121. The van der Waals surface area contributed by atoms with Gasteiger partial charge in [0.2, 0.25) is 10.0 Å². The van der Waals surface area contributed by atoms with Gasteiger partial charge in [-0.05, 0) is 43.0 Å². The van der Waals surface area contributed by atoms with E-state index >= 15 is 0 Å². The van der Waals surface area contributed by atoms with E-state index in [0.29, 0.717) is 38.0 Å². The first-order chi connectivity index (χ1) is 10.8. The van der Waals surface area contributed by atoms with Gasteiger partial charge in [-0.25, -0.2) is 17.5 Å². The molecular formula is C15H19N3O4S. The van der Waals surface area contributed by atoms with Gasteiger partial charge in [0.15, 0.2) is 0 Å². The van der Waals surface area contributed by atoms with Gasteiger partial charge < -0.3 is 10.0 Å². The summed E-state index contributed by atoms with van der Waals surface area (Å²) in [5.41, 5.74) is 0.410. The molecule has 0 bridgehead atoms. The minimum atomic E-state index is -3.60. The van der Waals surface area contributed by atoms with Crippen LogP contribution in [0.15, 0.2) is 29.2 Å². The molecule has 1 aromatic carbocycles. The number of carbonyl (C=O) groups is 1. The Kier molecular flexibility index (Phi) is 5.23. The normalized spacial score (nSPS) is 16.3. The second-order valence-corrected chi connectivity index (χ2v) is 7.68. The molecule has 0 aliphatic carbocycles. The Labute approximate surface area is 135 Å². The van der Waals surface area contributed by atoms with Crippen LogP contribution in [0.2, 0.25) is 0 Å². The molecule has 0 unspecified atom stereocenters. The van der Waals surface area contributed by atoms with Crippen molar-refractivity contribution in [1.29, 1.82) is 5.26 Å². The first-order valence-electron chi connectivity index (χ1n) is 7.29. The van der Waals surface area contributed by atoms with Crippen molar-refractivity contribution in [2.24, 2.45) is 5.92 Å². The molecule has 7 nitrogen and oxygen atoms in total. The van der Waals surface area contributed by atoms with Crippen molar-refractivity contribution in [3.05, 3.63) is 29.8 Å². The van der Waals surface area contributed by atoms with Crippen LogP contribution in [0.5, 0.6) is 0 Å². The summed E-state index contributed by atoms with van der Waals surface area (Å²) in [6, 6.07) is 7.77. The number of amides is 1. The van der Waals surface area contributed by atoms with Gasteiger partial charge in [-0.3, -0.25) is 0 Å². The molecule has 0 aromatic heterocycles. The fourth-order valence-corrected chi connectivity index (χ4v) is 3.90. The number of nitrogens with zero attached hydrogens (tertiary/aromatic N) is 3. The Morgan fingerprint density at radius 2 is 1.91 bits per heavy atom. The average Bonchev–Trinajstić information content (AvgIpc) is 2.55. The van der Waals surface area contributed by atoms with Crippen molar-refractivity contribution >= 4 is 16.1 Å². The number of likely N-dealkylation sites (tertiary alicyclic amines) is 1. The SMILES string of the molecule is CN(CC1CCN(C(=O)O)CC1)S(=O)(=O)c1ccc(C#N)cc1. The molecule has 1 N–H and O–H groups in total. The van der Waals surface area contributed by atoms with Crippen LogP contribution in [-0.4, -0.2) is 55.5 Å². The van der Waals surface area contributed by atoms with Crippen molar-refractivity contribution in [2.45, 2.75) is 17.7 Å². The third-order valence-corrected chi connectivity index (χ3v) is 5.93. The van der Waals surface area contributed by atoms with Crippen LogP contribution in [0.25, 0.3) is 0 Å². The predicted octanol–water partition coefficient (Wildman–Crippen LogP) is 1.57. The van der Waals surface area contributed by atoms with E-state index in [-0.39, 0.29) is 10.8 Å². The molecule has 2 rings (SSSR count).